The Balaban J connectivity index is 2.76. The van der Waals surface area contributed by atoms with Crippen molar-refractivity contribution in [1.29, 1.82) is 0 Å². The summed E-state index contributed by atoms with van der Waals surface area (Å²) in [5.74, 6) is -0.183. The van der Waals surface area contributed by atoms with E-state index in [2.05, 4.69) is 15.9 Å². The van der Waals surface area contributed by atoms with Gasteiger partial charge in [-0.1, -0.05) is 15.9 Å². The summed E-state index contributed by atoms with van der Waals surface area (Å²) < 4.78 is 30.7. The molecule has 0 N–H and O–H groups in total. The van der Waals surface area contributed by atoms with Crippen LogP contribution in [0.15, 0.2) is 0 Å². The van der Waals surface area contributed by atoms with Gasteiger partial charge in [0, 0.05) is 6.54 Å². The normalized spacial score (nSPS) is 32.1. The van der Waals surface area contributed by atoms with Crippen molar-refractivity contribution >= 4 is 21.8 Å². The van der Waals surface area contributed by atoms with Gasteiger partial charge in [0.25, 0.3) is 6.43 Å². The van der Waals surface area contributed by atoms with E-state index in [1.54, 1.807) is 6.92 Å². The highest BCUT2D eigenvalue weighted by molar-refractivity contribution is 9.09. The lowest BCUT2D eigenvalue weighted by Gasteiger charge is -2.42. The van der Waals surface area contributed by atoms with E-state index in [9.17, 15) is 13.6 Å². The van der Waals surface area contributed by atoms with Gasteiger partial charge in [-0.2, -0.15) is 0 Å². The van der Waals surface area contributed by atoms with Crippen molar-refractivity contribution in [2.45, 2.75) is 32.0 Å². The Morgan fingerprint density at radius 2 is 2.33 bits per heavy atom. The van der Waals surface area contributed by atoms with Gasteiger partial charge in [0.1, 0.15) is 5.60 Å². The summed E-state index contributed by atoms with van der Waals surface area (Å²) in [7, 11) is 0. The van der Waals surface area contributed by atoms with Gasteiger partial charge in [-0.15, -0.1) is 0 Å². The second kappa shape index (κ2) is 4.74. The topological polar surface area (TPSA) is 29.5 Å². The third kappa shape index (κ3) is 2.87. The minimum absolute atomic E-state index is 0.0561. The van der Waals surface area contributed by atoms with Gasteiger partial charge in [-0.05, 0) is 13.8 Å². The molecule has 1 aliphatic rings. The Labute approximate surface area is 95.9 Å². The molecule has 1 amide bonds. The number of hydrogen-bond donors (Lipinski definition) is 0. The number of alkyl halides is 3. The zero-order valence-corrected chi connectivity index (χ0v) is 10.3. The standard InChI is InChI=1S/C9H14BrF2NO2/c1-6-4-13(7(14)3-10)5-9(2,15-6)8(11)12/h6,8H,3-5H2,1-2H3. The lowest BCUT2D eigenvalue weighted by atomic mass is 10.0. The van der Waals surface area contributed by atoms with Gasteiger partial charge in [-0.3, -0.25) is 4.79 Å². The summed E-state index contributed by atoms with van der Waals surface area (Å²) in [5, 5.41) is 0.152. The van der Waals surface area contributed by atoms with E-state index in [-0.39, 0.29) is 23.9 Å². The molecule has 1 aliphatic heterocycles. The van der Waals surface area contributed by atoms with E-state index in [0.29, 0.717) is 6.54 Å². The first-order chi connectivity index (χ1) is 6.89. The second-order valence-corrected chi connectivity index (χ2v) is 4.51. The van der Waals surface area contributed by atoms with Crippen molar-refractivity contribution in [1.82, 2.24) is 4.90 Å². The Morgan fingerprint density at radius 3 is 2.80 bits per heavy atom. The van der Waals surface area contributed by atoms with Gasteiger partial charge in [-0.25, -0.2) is 8.78 Å². The Bertz CT molecular complexity index is 252. The monoisotopic (exact) mass is 285 g/mol. The van der Waals surface area contributed by atoms with Crippen LogP contribution in [0, 0.1) is 0 Å². The van der Waals surface area contributed by atoms with Crippen LogP contribution in [0.2, 0.25) is 0 Å². The van der Waals surface area contributed by atoms with Crippen molar-refractivity contribution in [3.63, 3.8) is 0 Å². The van der Waals surface area contributed by atoms with Gasteiger partial charge < -0.3 is 9.64 Å². The zero-order chi connectivity index (χ0) is 11.6. The van der Waals surface area contributed by atoms with Crippen LogP contribution in [-0.2, 0) is 9.53 Å². The van der Waals surface area contributed by atoms with Gasteiger partial charge in [0.2, 0.25) is 5.91 Å². The molecule has 1 rings (SSSR count). The van der Waals surface area contributed by atoms with Crippen molar-refractivity contribution in [3.8, 4) is 0 Å². The predicted octanol–water partition coefficient (Wildman–Crippen LogP) is 1.65. The molecule has 2 atom stereocenters. The van der Waals surface area contributed by atoms with E-state index in [0.717, 1.165) is 0 Å². The fourth-order valence-electron chi connectivity index (χ4n) is 1.68. The number of carbonyl (C=O) groups is 1. The minimum atomic E-state index is -2.59. The molecule has 1 saturated heterocycles. The lowest BCUT2D eigenvalue weighted by Crippen LogP contribution is -2.58. The molecule has 0 bridgehead atoms. The number of amides is 1. The number of morpholine rings is 1. The Hall–Kier alpha value is -0.230. The minimum Gasteiger partial charge on any atom is -0.363 e. The zero-order valence-electron chi connectivity index (χ0n) is 8.67. The molecule has 0 aromatic rings. The quantitative estimate of drug-likeness (QED) is 0.722. The van der Waals surface area contributed by atoms with Crippen molar-refractivity contribution in [3.05, 3.63) is 0 Å². The predicted molar refractivity (Wildman–Crippen MR) is 55.3 cm³/mol. The highest BCUT2D eigenvalue weighted by atomic mass is 79.9. The molecule has 0 aromatic carbocycles. The molecule has 1 fully saturated rings. The van der Waals surface area contributed by atoms with Crippen LogP contribution in [0.25, 0.3) is 0 Å². The maximum absolute atomic E-state index is 12.7. The third-order valence-electron chi connectivity index (χ3n) is 2.38. The first-order valence-electron chi connectivity index (χ1n) is 4.69. The van der Waals surface area contributed by atoms with Crippen LogP contribution in [0.1, 0.15) is 13.8 Å². The molecule has 0 radical (unpaired) electrons. The molecule has 0 aliphatic carbocycles. The highest BCUT2D eigenvalue weighted by Crippen LogP contribution is 2.27. The Morgan fingerprint density at radius 1 is 1.73 bits per heavy atom. The number of halogens is 3. The molecular weight excluding hydrogens is 272 g/mol. The molecule has 0 spiro atoms. The number of ether oxygens (including phenoxy) is 1. The van der Waals surface area contributed by atoms with Crippen LogP contribution in [0.4, 0.5) is 8.78 Å². The summed E-state index contributed by atoms with van der Waals surface area (Å²) in [5.41, 5.74) is -1.55. The van der Waals surface area contributed by atoms with Crippen LogP contribution >= 0.6 is 15.9 Å². The molecule has 3 nitrogen and oxygen atoms in total. The molecule has 88 valence electrons. The summed E-state index contributed by atoms with van der Waals surface area (Å²) in [4.78, 5) is 12.8. The summed E-state index contributed by atoms with van der Waals surface area (Å²) >= 11 is 3.03. The highest BCUT2D eigenvalue weighted by Gasteiger charge is 2.44. The van der Waals surface area contributed by atoms with Crippen LogP contribution in [0.3, 0.4) is 0 Å². The van der Waals surface area contributed by atoms with E-state index in [4.69, 9.17) is 4.74 Å². The fourth-order valence-corrected chi connectivity index (χ4v) is 2.04. The van der Waals surface area contributed by atoms with Crippen molar-refractivity contribution in [2.75, 3.05) is 18.4 Å². The van der Waals surface area contributed by atoms with E-state index < -0.39 is 12.0 Å². The molecule has 0 aromatic heterocycles. The number of hydrogen-bond acceptors (Lipinski definition) is 2. The average Bonchev–Trinajstić information content (AvgIpc) is 2.15. The van der Waals surface area contributed by atoms with Crippen LogP contribution < -0.4 is 0 Å². The third-order valence-corrected chi connectivity index (χ3v) is 2.86. The van der Waals surface area contributed by atoms with Gasteiger partial charge in [0.15, 0.2) is 0 Å². The number of rotatable bonds is 2. The maximum Gasteiger partial charge on any atom is 0.268 e. The van der Waals surface area contributed by atoms with Gasteiger partial charge in [0.05, 0.1) is 18.0 Å². The molecule has 6 heteroatoms. The maximum atomic E-state index is 12.7. The SMILES string of the molecule is CC1CN(C(=O)CBr)CC(C)(C(F)F)O1. The molecule has 0 saturated carbocycles. The molecule has 2 unspecified atom stereocenters. The van der Waals surface area contributed by atoms with Crippen LogP contribution in [0.5, 0.6) is 0 Å². The molecule has 15 heavy (non-hydrogen) atoms. The smallest absolute Gasteiger partial charge is 0.268 e. The number of nitrogens with zero attached hydrogens (tertiary/aromatic N) is 1. The average molecular weight is 286 g/mol. The van der Waals surface area contributed by atoms with Crippen molar-refractivity contribution < 1.29 is 18.3 Å². The summed E-state index contributed by atoms with van der Waals surface area (Å²) in [6.45, 7) is 3.34. The van der Waals surface area contributed by atoms with Crippen molar-refractivity contribution in [2.24, 2.45) is 0 Å². The summed E-state index contributed by atoms with van der Waals surface area (Å²) in [6, 6.07) is 0. The largest absolute Gasteiger partial charge is 0.363 e. The Kier molecular flexibility index (Phi) is 4.06. The van der Waals surface area contributed by atoms with Gasteiger partial charge >= 0.3 is 0 Å². The van der Waals surface area contributed by atoms with E-state index in [1.165, 1.54) is 11.8 Å². The first kappa shape index (κ1) is 12.8. The molecular formula is C9H14BrF2NO2. The lowest BCUT2D eigenvalue weighted by molar-refractivity contribution is -0.200. The van der Waals surface area contributed by atoms with E-state index >= 15 is 0 Å². The fraction of sp³-hybridized carbons (Fsp3) is 0.889. The van der Waals surface area contributed by atoms with Crippen LogP contribution in [-0.4, -0.2) is 47.4 Å². The first-order valence-corrected chi connectivity index (χ1v) is 5.81. The second-order valence-electron chi connectivity index (χ2n) is 3.95. The van der Waals surface area contributed by atoms with E-state index in [1.807, 2.05) is 0 Å². The summed E-state index contributed by atoms with van der Waals surface area (Å²) in [6.07, 6.45) is -2.95. The molecule has 1 heterocycles. The number of carbonyl (C=O) groups excluding carboxylic acids is 1.